The molecule has 0 bridgehead atoms. The molecule has 0 aliphatic carbocycles. The topological polar surface area (TPSA) is 114 Å². The Morgan fingerprint density at radius 1 is 1.21 bits per heavy atom. The number of rotatable bonds is 8. The lowest BCUT2D eigenvalue weighted by Gasteiger charge is -2.11. The molecule has 10 nitrogen and oxygen atoms in total. The smallest absolute Gasteiger partial charge is 0.246 e. The summed E-state index contributed by atoms with van der Waals surface area (Å²) in [5, 5.41) is 17.4. The third-order valence-corrected chi connectivity index (χ3v) is 4.06. The Hall–Kier alpha value is -3.69. The third kappa shape index (κ3) is 6.16. The summed E-state index contributed by atoms with van der Waals surface area (Å²) < 4.78 is 3.29. The van der Waals surface area contributed by atoms with E-state index in [0.29, 0.717) is 19.0 Å². The van der Waals surface area contributed by atoms with Crippen LogP contribution in [0.2, 0.25) is 0 Å². The molecule has 3 aromatic rings. The number of amides is 1. The summed E-state index contributed by atoms with van der Waals surface area (Å²) in [5.74, 6) is 1.37. The first kappa shape index (κ1) is 20.1. The van der Waals surface area contributed by atoms with E-state index < -0.39 is 0 Å². The van der Waals surface area contributed by atoms with Gasteiger partial charge in [0.15, 0.2) is 5.96 Å². The molecule has 0 saturated heterocycles. The molecule has 10 heteroatoms. The lowest BCUT2D eigenvalue weighted by molar-refractivity contribution is -0.116. The number of aliphatic imine (C=N–C) groups is 1. The van der Waals surface area contributed by atoms with Gasteiger partial charge in [0.1, 0.15) is 18.7 Å². The van der Waals surface area contributed by atoms with E-state index >= 15 is 0 Å². The number of nitrogens with zero attached hydrogens (tertiary/aromatic N) is 6. The Kier molecular flexibility index (Phi) is 6.93. The maximum absolute atomic E-state index is 12.1. The zero-order valence-corrected chi connectivity index (χ0v) is 16.5. The van der Waals surface area contributed by atoms with Gasteiger partial charge in [-0.2, -0.15) is 10.2 Å². The molecule has 0 spiro atoms. The molecule has 0 saturated carbocycles. The largest absolute Gasteiger partial charge is 0.357 e. The summed E-state index contributed by atoms with van der Waals surface area (Å²) in [6.07, 6.45) is 4.92. The molecule has 0 atom stereocenters. The van der Waals surface area contributed by atoms with Crippen molar-refractivity contribution in [2.75, 3.05) is 11.9 Å². The number of hydrogen-bond acceptors (Lipinski definition) is 5. The minimum atomic E-state index is -0.131. The summed E-state index contributed by atoms with van der Waals surface area (Å²) in [5.41, 5.74) is 1.71. The van der Waals surface area contributed by atoms with Gasteiger partial charge >= 0.3 is 0 Å². The Morgan fingerprint density at radius 3 is 2.83 bits per heavy atom. The molecular formula is C19H25N9O. The number of carbonyl (C=O) groups is 1. The summed E-state index contributed by atoms with van der Waals surface area (Å²) >= 11 is 0. The van der Waals surface area contributed by atoms with Crippen LogP contribution in [0.3, 0.4) is 0 Å². The average molecular weight is 395 g/mol. The van der Waals surface area contributed by atoms with Gasteiger partial charge in [-0.15, -0.1) is 0 Å². The molecule has 0 aliphatic heterocycles. The fourth-order valence-corrected chi connectivity index (χ4v) is 2.64. The van der Waals surface area contributed by atoms with Crippen molar-refractivity contribution in [3.05, 3.63) is 60.4 Å². The van der Waals surface area contributed by atoms with Crippen molar-refractivity contribution in [2.24, 2.45) is 12.0 Å². The highest BCUT2D eigenvalue weighted by Crippen LogP contribution is 2.12. The normalized spacial score (nSPS) is 11.3. The molecule has 1 aromatic carbocycles. The number of benzene rings is 1. The predicted octanol–water partition coefficient (Wildman–Crippen LogP) is 0.906. The van der Waals surface area contributed by atoms with Crippen LogP contribution < -0.4 is 16.0 Å². The van der Waals surface area contributed by atoms with Gasteiger partial charge in [-0.05, 0) is 30.7 Å². The second-order valence-electron chi connectivity index (χ2n) is 6.30. The Labute approximate surface area is 169 Å². The number of guanidine groups is 1. The summed E-state index contributed by atoms with van der Waals surface area (Å²) in [7, 11) is 1.85. The molecule has 3 rings (SSSR count). The number of hydrogen-bond donors (Lipinski definition) is 3. The molecule has 2 aromatic heterocycles. The van der Waals surface area contributed by atoms with Crippen LogP contribution >= 0.6 is 0 Å². The quantitative estimate of drug-likeness (QED) is 0.386. The van der Waals surface area contributed by atoms with Gasteiger partial charge in [-0.25, -0.2) is 9.98 Å². The van der Waals surface area contributed by atoms with Crippen molar-refractivity contribution >= 4 is 17.6 Å². The van der Waals surface area contributed by atoms with Gasteiger partial charge in [0.2, 0.25) is 5.91 Å². The lowest BCUT2D eigenvalue weighted by Crippen LogP contribution is -2.37. The summed E-state index contributed by atoms with van der Waals surface area (Å²) in [6.45, 7) is 3.91. The first-order chi connectivity index (χ1) is 14.1. The van der Waals surface area contributed by atoms with Crippen LogP contribution in [0.1, 0.15) is 18.3 Å². The predicted molar refractivity (Wildman–Crippen MR) is 110 cm³/mol. The molecule has 152 valence electrons. The molecule has 0 fully saturated rings. The Balaban J connectivity index is 1.58. The fraction of sp³-hybridized carbons (Fsp3) is 0.316. The fourth-order valence-electron chi connectivity index (χ4n) is 2.64. The van der Waals surface area contributed by atoms with E-state index in [4.69, 9.17) is 0 Å². The van der Waals surface area contributed by atoms with E-state index in [1.165, 1.54) is 6.33 Å². The van der Waals surface area contributed by atoms with Crippen LogP contribution in [-0.4, -0.2) is 43.0 Å². The van der Waals surface area contributed by atoms with E-state index in [1.54, 1.807) is 27.8 Å². The van der Waals surface area contributed by atoms with Gasteiger partial charge in [0, 0.05) is 31.7 Å². The third-order valence-electron chi connectivity index (χ3n) is 4.06. The number of carbonyl (C=O) groups excluding carboxylic acids is 1. The molecule has 0 aliphatic rings. The van der Waals surface area contributed by atoms with Crippen LogP contribution in [0.5, 0.6) is 0 Å². The monoisotopic (exact) mass is 395 g/mol. The van der Waals surface area contributed by atoms with Gasteiger partial charge in [-0.1, -0.05) is 12.1 Å². The average Bonchev–Trinajstić information content (AvgIpc) is 3.36. The van der Waals surface area contributed by atoms with Crippen molar-refractivity contribution in [3.8, 4) is 0 Å². The minimum absolute atomic E-state index is 0.131. The Bertz CT molecular complexity index is 946. The molecule has 3 N–H and O–H groups in total. The van der Waals surface area contributed by atoms with Crippen molar-refractivity contribution in [1.82, 2.24) is 35.2 Å². The van der Waals surface area contributed by atoms with Crippen molar-refractivity contribution in [3.63, 3.8) is 0 Å². The van der Waals surface area contributed by atoms with E-state index in [-0.39, 0.29) is 12.5 Å². The number of anilines is 1. The molecule has 1 amide bonds. The molecule has 29 heavy (non-hydrogen) atoms. The van der Waals surface area contributed by atoms with Crippen LogP contribution in [0.15, 0.2) is 54.0 Å². The zero-order valence-electron chi connectivity index (χ0n) is 16.5. The standard InChI is InChI=1S/C19H25N9O/c1-3-20-19(22-12-17-23-14-25-27(17)2)21-11-15-6-4-7-16(10-15)26-18(29)13-28-9-5-8-24-28/h4-10,14H,3,11-13H2,1-2H3,(H,26,29)(H2,20,21,22). The van der Waals surface area contributed by atoms with Gasteiger partial charge < -0.3 is 16.0 Å². The van der Waals surface area contributed by atoms with Crippen LogP contribution in [0.4, 0.5) is 5.69 Å². The maximum atomic E-state index is 12.1. The van der Waals surface area contributed by atoms with Crippen LogP contribution in [0.25, 0.3) is 0 Å². The van der Waals surface area contributed by atoms with Gasteiger partial charge in [-0.3, -0.25) is 14.2 Å². The zero-order chi connectivity index (χ0) is 20.5. The SMILES string of the molecule is CCNC(=NCc1cccc(NC(=O)Cn2cccn2)c1)NCc1ncnn1C. The van der Waals surface area contributed by atoms with E-state index in [2.05, 4.69) is 36.1 Å². The second-order valence-corrected chi connectivity index (χ2v) is 6.30. The first-order valence-corrected chi connectivity index (χ1v) is 9.35. The first-order valence-electron chi connectivity index (χ1n) is 9.35. The molecular weight excluding hydrogens is 370 g/mol. The van der Waals surface area contributed by atoms with E-state index in [9.17, 15) is 4.79 Å². The second kappa shape index (κ2) is 10.0. The van der Waals surface area contributed by atoms with Crippen molar-refractivity contribution in [2.45, 2.75) is 26.6 Å². The van der Waals surface area contributed by atoms with E-state index in [1.807, 2.05) is 38.2 Å². The number of nitrogens with one attached hydrogen (secondary N) is 3. The highest BCUT2D eigenvalue weighted by Gasteiger charge is 2.05. The lowest BCUT2D eigenvalue weighted by atomic mass is 10.2. The Morgan fingerprint density at radius 2 is 2.10 bits per heavy atom. The molecule has 0 unspecified atom stereocenters. The highest BCUT2D eigenvalue weighted by atomic mass is 16.2. The maximum Gasteiger partial charge on any atom is 0.246 e. The highest BCUT2D eigenvalue weighted by molar-refractivity contribution is 5.90. The van der Waals surface area contributed by atoms with Gasteiger partial charge in [0.05, 0.1) is 13.1 Å². The van der Waals surface area contributed by atoms with Crippen LogP contribution in [0, 0.1) is 0 Å². The van der Waals surface area contributed by atoms with Crippen molar-refractivity contribution < 1.29 is 4.79 Å². The summed E-state index contributed by atoms with van der Waals surface area (Å²) in [6, 6.07) is 9.42. The van der Waals surface area contributed by atoms with Gasteiger partial charge in [0.25, 0.3) is 0 Å². The summed E-state index contributed by atoms with van der Waals surface area (Å²) in [4.78, 5) is 20.9. The van der Waals surface area contributed by atoms with E-state index in [0.717, 1.165) is 23.6 Å². The van der Waals surface area contributed by atoms with Crippen molar-refractivity contribution in [1.29, 1.82) is 0 Å². The molecule has 2 heterocycles. The minimum Gasteiger partial charge on any atom is -0.357 e. The molecule has 0 radical (unpaired) electrons. The number of aromatic nitrogens is 5. The number of aryl methyl sites for hydroxylation is 1. The van der Waals surface area contributed by atoms with Crippen LogP contribution in [-0.2, 0) is 31.5 Å².